The first-order valence-corrected chi connectivity index (χ1v) is 4.52. The number of ether oxygens (including phenoxy) is 1. The molecule has 0 aliphatic rings. The summed E-state index contributed by atoms with van der Waals surface area (Å²) in [6, 6.07) is 4.27. The summed E-state index contributed by atoms with van der Waals surface area (Å²) >= 11 is 0. The van der Waals surface area contributed by atoms with Crippen molar-refractivity contribution in [1.29, 1.82) is 0 Å². The van der Waals surface area contributed by atoms with E-state index in [4.69, 9.17) is 0 Å². The molecule has 0 unspecified atom stereocenters. The summed E-state index contributed by atoms with van der Waals surface area (Å²) in [5.41, 5.74) is 1.17. The molecule has 1 amide bonds. The zero-order valence-electron chi connectivity index (χ0n) is 8.67. The molecule has 0 bridgehead atoms. The van der Waals surface area contributed by atoms with Crippen molar-refractivity contribution < 1.29 is 18.3 Å². The third kappa shape index (κ3) is 3.34. The topological polar surface area (TPSA) is 38.3 Å². The summed E-state index contributed by atoms with van der Waals surface area (Å²) < 4.78 is 28.0. The molecule has 0 aliphatic heterocycles. The number of carbonyl (C=O) groups is 1. The molecule has 0 heterocycles. The summed E-state index contributed by atoms with van der Waals surface area (Å²) in [6.07, 6.45) is 1.13. The van der Waals surface area contributed by atoms with E-state index in [1.165, 1.54) is 18.2 Å². The Bertz CT molecular complexity index is 405. The van der Waals surface area contributed by atoms with E-state index in [0.29, 0.717) is 11.3 Å². The van der Waals surface area contributed by atoms with E-state index in [2.05, 4.69) is 16.6 Å². The standard InChI is InChI=1S/C11H11F2NO2/c1-3-10(15)14-9-5-4-8(6-7(9)2)16-11(12)13/h3-6,11H,1H2,2H3,(H,14,15). The fourth-order valence-corrected chi connectivity index (χ4v) is 1.14. The lowest BCUT2D eigenvalue weighted by Gasteiger charge is -2.09. The molecule has 0 aliphatic carbocycles. The van der Waals surface area contributed by atoms with E-state index in [1.807, 2.05) is 0 Å². The molecule has 0 saturated carbocycles. The van der Waals surface area contributed by atoms with E-state index in [9.17, 15) is 13.6 Å². The van der Waals surface area contributed by atoms with Crippen LogP contribution in [0.2, 0.25) is 0 Å². The van der Waals surface area contributed by atoms with Crippen LogP contribution in [0, 0.1) is 6.92 Å². The Labute approximate surface area is 91.7 Å². The van der Waals surface area contributed by atoms with Gasteiger partial charge in [0.15, 0.2) is 0 Å². The molecule has 0 radical (unpaired) electrons. The van der Waals surface area contributed by atoms with Crippen LogP contribution in [-0.2, 0) is 4.79 Å². The zero-order valence-corrected chi connectivity index (χ0v) is 8.67. The lowest BCUT2D eigenvalue weighted by atomic mass is 10.2. The highest BCUT2D eigenvalue weighted by Gasteiger charge is 2.07. The lowest BCUT2D eigenvalue weighted by molar-refractivity contribution is -0.111. The zero-order chi connectivity index (χ0) is 12.1. The summed E-state index contributed by atoms with van der Waals surface area (Å²) in [5, 5.41) is 2.54. The van der Waals surface area contributed by atoms with Crippen LogP contribution in [0.1, 0.15) is 5.56 Å². The Morgan fingerprint density at radius 1 is 1.56 bits per heavy atom. The van der Waals surface area contributed by atoms with Gasteiger partial charge in [0.2, 0.25) is 5.91 Å². The first-order chi connectivity index (χ1) is 7.52. The molecular weight excluding hydrogens is 216 g/mol. The van der Waals surface area contributed by atoms with Crippen LogP contribution in [0.15, 0.2) is 30.9 Å². The van der Waals surface area contributed by atoms with Gasteiger partial charge in [-0.3, -0.25) is 4.79 Å². The molecule has 1 N–H and O–H groups in total. The third-order valence-electron chi connectivity index (χ3n) is 1.87. The van der Waals surface area contributed by atoms with E-state index in [1.54, 1.807) is 6.92 Å². The molecule has 86 valence electrons. The minimum absolute atomic E-state index is 0.0594. The molecule has 0 fully saturated rings. The van der Waals surface area contributed by atoms with Crippen molar-refractivity contribution in [2.75, 3.05) is 5.32 Å². The van der Waals surface area contributed by atoms with Gasteiger partial charge in [-0.25, -0.2) is 0 Å². The number of alkyl halides is 2. The predicted molar refractivity (Wildman–Crippen MR) is 56.6 cm³/mol. The fourth-order valence-electron chi connectivity index (χ4n) is 1.14. The van der Waals surface area contributed by atoms with E-state index >= 15 is 0 Å². The molecule has 0 spiro atoms. The van der Waals surface area contributed by atoms with Gasteiger partial charge in [0.1, 0.15) is 5.75 Å². The minimum atomic E-state index is -2.85. The quantitative estimate of drug-likeness (QED) is 0.803. The van der Waals surface area contributed by atoms with Gasteiger partial charge in [-0.15, -0.1) is 0 Å². The monoisotopic (exact) mass is 227 g/mol. The van der Waals surface area contributed by atoms with Crippen molar-refractivity contribution in [2.24, 2.45) is 0 Å². The van der Waals surface area contributed by atoms with Crippen molar-refractivity contribution >= 4 is 11.6 Å². The number of halogens is 2. The second-order valence-electron chi connectivity index (χ2n) is 3.05. The average molecular weight is 227 g/mol. The fraction of sp³-hybridized carbons (Fsp3) is 0.182. The van der Waals surface area contributed by atoms with E-state index < -0.39 is 6.61 Å². The SMILES string of the molecule is C=CC(=O)Nc1ccc(OC(F)F)cc1C. The van der Waals surface area contributed by atoms with Gasteiger partial charge in [-0.05, 0) is 36.8 Å². The number of rotatable bonds is 4. The maximum absolute atomic E-state index is 11.9. The largest absolute Gasteiger partial charge is 0.435 e. The van der Waals surface area contributed by atoms with Crippen LogP contribution in [0.5, 0.6) is 5.75 Å². The van der Waals surface area contributed by atoms with Crippen molar-refractivity contribution in [1.82, 2.24) is 0 Å². The second kappa shape index (κ2) is 5.25. The lowest BCUT2D eigenvalue weighted by Crippen LogP contribution is -2.09. The number of aryl methyl sites for hydroxylation is 1. The maximum atomic E-state index is 11.9. The Morgan fingerprint density at radius 3 is 2.75 bits per heavy atom. The van der Waals surface area contributed by atoms with E-state index in [0.717, 1.165) is 6.08 Å². The predicted octanol–water partition coefficient (Wildman–Crippen LogP) is 2.72. The molecule has 0 atom stereocenters. The van der Waals surface area contributed by atoms with Crippen LogP contribution >= 0.6 is 0 Å². The molecule has 1 aromatic rings. The molecule has 0 aromatic heterocycles. The van der Waals surface area contributed by atoms with Gasteiger partial charge in [-0.1, -0.05) is 6.58 Å². The highest BCUT2D eigenvalue weighted by Crippen LogP contribution is 2.22. The number of amides is 1. The summed E-state index contributed by atoms with van der Waals surface area (Å²) in [7, 11) is 0. The molecule has 3 nitrogen and oxygen atoms in total. The van der Waals surface area contributed by atoms with Crippen LogP contribution < -0.4 is 10.1 Å². The number of anilines is 1. The van der Waals surface area contributed by atoms with Crippen molar-refractivity contribution in [3.8, 4) is 5.75 Å². The molecule has 1 aromatic carbocycles. The molecular formula is C11H11F2NO2. The molecule has 5 heteroatoms. The Kier molecular flexibility index (Phi) is 3.99. The normalized spacial score (nSPS) is 10.0. The van der Waals surface area contributed by atoms with Crippen molar-refractivity contribution in [3.05, 3.63) is 36.4 Å². The van der Waals surface area contributed by atoms with Gasteiger partial charge in [0.25, 0.3) is 0 Å². The Hall–Kier alpha value is -1.91. The van der Waals surface area contributed by atoms with Crippen molar-refractivity contribution in [2.45, 2.75) is 13.5 Å². The summed E-state index contributed by atoms with van der Waals surface area (Å²) in [4.78, 5) is 11.0. The first kappa shape index (κ1) is 12.2. The van der Waals surface area contributed by atoms with Crippen molar-refractivity contribution in [3.63, 3.8) is 0 Å². The third-order valence-corrected chi connectivity index (χ3v) is 1.87. The number of benzene rings is 1. The summed E-state index contributed by atoms with van der Waals surface area (Å²) in [6.45, 7) is 2.13. The van der Waals surface area contributed by atoms with Crippen LogP contribution in [-0.4, -0.2) is 12.5 Å². The Morgan fingerprint density at radius 2 is 2.25 bits per heavy atom. The van der Waals surface area contributed by atoms with Gasteiger partial charge in [0.05, 0.1) is 0 Å². The Balaban J connectivity index is 2.82. The number of nitrogens with one attached hydrogen (secondary N) is 1. The number of hydrogen-bond donors (Lipinski definition) is 1. The van der Waals surface area contributed by atoms with E-state index in [-0.39, 0.29) is 11.7 Å². The van der Waals surface area contributed by atoms with Crippen LogP contribution in [0.25, 0.3) is 0 Å². The average Bonchev–Trinajstić information content (AvgIpc) is 2.21. The van der Waals surface area contributed by atoms with Gasteiger partial charge < -0.3 is 10.1 Å². The highest BCUT2D eigenvalue weighted by molar-refractivity contribution is 5.99. The summed E-state index contributed by atoms with van der Waals surface area (Å²) in [5.74, 6) is -0.297. The maximum Gasteiger partial charge on any atom is 0.387 e. The van der Waals surface area contributed by atoms with Gasteiger partial charge in [-0.2, -0.15) is 8.78 Å². The molecule has 16 heavy (non-hydrogen) atoms. The first-order valence-electron chi connectivity index (χ1n) is 4.52. The second-order valence-corrected chi connectivity index (χ2v) is 3.05. The van der Waals surface area contributed by atoms with Crippen LogP contribution in [0.3, 0.4) is 0 Å². The number of carbonyl (C=O) groups excluding carboxylic acids is 1. The van der Waals surface area contributed by atoms with Gasteiger partial charge >= 0.3 is 6.61 Å². The molecule has 1 rings (SSSR count). The van der Waals surface area contributed by atoms with Gasteiger partial charge in [0, 0.05) is 5.69 Å². The van der Waals surface area contributed by atoms with Crippen LogP contribution in [0.4, 0.5) is 14.5 Å². The molecule has 0 saturated heterocycles. The highest BCUT2D eigenvalue weighted by atomic mass is 19.3. The minimum Gasteiger partial charge on any atom is -0.435 e. The number of hydrogen-bond acceptors (Lipinski definition) is 2. The smallest absolute Gasteiger partial charge is 0.387 e.